The van der Waals surface area contributed by atoms with Crippen LogP contribution in [0.25, 0.3) is 0 Å². The Morgan fingerprint density at radius 1 is 1.47 bits per heavy atom. The molecule has 0 amide bonds. The molecule has 1 saturated carbocycles. The Morgan fingerprint density at radius 2 is 2.16 bits per heavy atom. The minimum absolute atomic E-state index is 0.154. The van der Waals surface area contributed by atoms with Crippen LogP contribution in [-0.4, -0.2) is 16.6 Å². The Hall–Kier alpha value is -1.55. The Kier molecular flexibility index (Phi) is 3.80. The van der Waals surface area contributed by atoms with Gasteiger partial charge in [0.25, 0.3) is 0 Å². The van der Waals surface area contributed by atoms with Gasteiger partial charge in [-0.3, -0.25) is 0 Å². The molecule has 19 heavy (non-hydrogen) atoms. The molecule has 2 rings (SSSR count). The zero-order valence-corrected chi connectivity index (χ0v) is 11.9. The summed E-state index contributed by atoms with van der Waals surface area (Å²) >= 11 is 0. The van der Waals surface area contributed by atoms with E-state index >= 15 is 0 Å². The van der Waals surface area contributed by atoms with Crippen molar-refractivity contribution in [3.05, 3.63) is 34.9 Å². The topological polar surface area (TPSA) is 70.6 Å². The number of rotatable bonds is 5. The van der Waals surface area contributed by atoms with E-state index in [2.05, 4.69) is 31.2 Å². The number of nitrogens with one attached hydrogen (secondary N) is 1. The van der Waals surface area contributed by atoms with E-state index in [9.17, 15) is 0 Å². The van der Waals surface area contributed by atoms with Crippen LogP contribution in [0.4, 0.5) is 0 Å². The van der Waals surface area contributed by atoms with Gasteiger partial charge in [0.15, 0.2) is 5.84 Å². The summed E-state index contributed by atoms with van der Waals surface area (Å²) in [5.74, 6) is 0.963. The maximum atomic E-state index is 8.68. The van der Waals surface area contributed by atoms with E-state index in [-0.39, 0.29) is 11.4 Å². The van der Waals surface area contributed by atoms with Gasteiger partial charge in [-0.1, -0.05) is 17.3 Å². The highest BCUT2D eigenvalue weighted by molar-refractivity contribution is 5.97. The van der Waals surface area contributed by atoms with Gasteiger partial charge >= 0.3 is 0 Å². The molecule has 0 atom stereocenters. The molecule has 0 bridgehead atoms. The lowest BCUT2D eigenvalue weighted by atomic mass is 9.97. The zero-order chi connectivity index (χ0) is 14.0. The number of benzene rings is 1. The molecule has 104 valence electrons. The fourth-order valence-electron chi connectivity index (χ4n) is 2.38. The van der Waals surface area contributed by atoms with Crippen molar-refractivity contribution in [1.82, 2.24) is 5.32 Å². The summed E-state index contributed by atoms with van der Waals surface area (Å²) in [6, 6.07) is 5.89. The smallest absolute Gasteiger partial charge is 0.170 e. The summed E-state index contributed by atoms with van der Waals surface area (Å²) in [6.45, 7) is 7.44. The van der Waals surface area contributed by atoms with E-state index in [1.165, 1.54) is 18.4 Å². The highest BCUT2D eigenvalue weighted by Gasteiger charge is 2.37. The zero-order valence-electron chi connectivity index (χ0n) is 11.9. The van der Waals surface area contributed by atoms with Crippen molar-refractivity contribution in [3.8, 4) is 0 Å². The lowest BCUT2D eigenvalue weighted by Crippen LogP contribution is -2.40. The molecule has 0 saturated heterocycles. The van der Waals surface area contributed by atoms with Crippen molar-refractivity contribution in [3.63, 3.8) is 0 Å². The van der Waals surface area contributed by atoms with E-state index in [4.69, 9.17) is 10.9 Å². The van der Waals surface area contributed by atoms with Crippen molar-refractivity contribution in [2.75, 3.05) is 0 Å². The molecule has 0 radical (unpaired) electrons. The van der Waals surface area contributed by atoms with Crippen LogP contribution in [0.2, 0.25) is 0 Å². The van der Waals surface area contributed by atoms with E-state index in [0.717, 1.165) is 23.6 Å². The molecule has 0 aliphatic heterocycles. The molecule has 1 aliphatic carbocycles. The molecule has 1 fully saturated rings. The van der Waals surface area contributed by atoms with E-state index in [1.807, 2.05) is 18.2 Å². The Bertz CT molecular complexity index is 490. The molecule has 1 aromatic rings. The first kappa shape index (κ1) is 13.9. The number of oxime groups is 1. The fourth-order valence-corrected chi connectivity index (χ4v) is 2.38. The number of hydrogen-bond donors (Lipinski definition) is 3. The predicted molar refractivity (Wildman–Crippen MR) is 77.3 cm³/mol. The molecule has 0 unspecified atom stereocenters. The van der Waals surface area contributed by atoms with Crippen LogP contribution < -0.4 is 11.1 Å². The molecule has 0 spiro atoms. The second kappa shape index (κ2) is 5.21. The number of hydrogen-bond acceptors (Lipinski definition) is 3. The van der Waals surface area contributed by atoms with E-state index in [1.54, 1.807) is 0 Å². The summed E-state index contributed by atoms with van der Waals surface area (Å²) in [4.78, 5) is 0. The highest BCUT2D eigenvalue weighted by Crippen LogP contribution is 2.39. The van der Waals surface area contributed by atoms with Crippen molar-refractivity contribution >= 4 is 5.84 Å². The molecule has 0 aromatic heterocycles. The van der Waals surface area contributed by atoms with Gasteiger partial charge in [0.05, 0.1) is 0 Å². The molecule has 0 heterocycles. The normalized spacial score (nSPS) is 16.7. The van der Waals surface area contributed by atoms with Gasteiger partial charge in [0, 0.05) is 17.6 Å². The molecule has 1 aromatic carbocycles. The Morgan fingerprint density at radius 3 is 2.68 bits per heavy atom. The number of nitrogens with two attached hydrogens (primary N) is 1. The first-order valence-electron chi connectivity index (χ1n) is 6.76. The highest BCUT2D eigenvalue weighted by atomic mass is 16.4. The first-order chi connectivity index (χ1) is 8.94. The number of amidine groups is 1. The van der Waals surface area contributed by atoms with Crippen molar-refractivity contribution in [2.45, 2.75) is 45.7 Å². The van der Waals surface area contributed by atoms with Gasteiger partial charge in [-0.15, -0.1) is 0 Å². The third kappa shape index (κ3) is 3.26. The van der Waals surface area contributed by atoms with Crippen molar-refractivity contribution in [1.29, 1.82) is 0 Å². The van der Waals surface area contributed by atoms with E-state index in [0.29, 0.717) is 0 Å². The third-order valence-corrected chi connectivity index (χ3v) is 4.08. The predicted octanol–water partition coefficient (Wildman–Crippen LogP) is 2.37. The van der Waals surface area contributed by atoms with Gasteiger partial charge in [-0.05, 0) is 56.7 Å². The summed E-state index contributed by atoms with van der Waals surface area (Å²) in [7, 11) is 0. The quantitative estimate of drug-likeness (QED) is 0.330. The Labute approximate surface area is 114 Å². The second-order valence-electron chi connectivity index (χ2n) is 5.98. The average Bonchev–Trinajstić information content (AvgIpc) is 3.21. The van der Waals surface area contributed by atoms with Gasteiger partial charge in [0.2, 0.25) is 0 Å². The van der Waals surface area contributed by atoms with Gasteiger partial charge in [-0.2, -0.15) is 0 Å². The Balaban J connectivity index is 2.05. The summed E-state index contributed by atoms with van der Waals surface area (Å²) in [5.41, 5.74) is 8.96. The van der Waals surface area contributed by atoms with Gasteiger partial charge < -0.3 is 16.3 Å². The summed E-state index contributed by atoms with van der Waals surface area (Å²) < 4.78 is 0. The molecule has 4 N–H and O–H groups in total. The minimum atomic E-state index is 0.154. The minimum Gasteiger partial charge on any atom is -0.409 e. The maximum absolute atomic E-state index is 8.68. The summed E-state index contributed by atoms with van der Waals surface area (Å²) in [5, 5.41) is 15.3. The first-order valence-corrected chi connectivity index (χ1v) is 6.76. The number of nitrogens with zero attached hydrogens (tertiary/aromatic N) is 1. The van der Waals surface area contributed by atoms with Crippen LogP contribution >= 0.6 is 0 Å². The largest absolute Gasteiger partial charge is 0.409 e. The SMILES string of the molecule is Cc1cc(/C(N)=N/O)ccc1CNC(C)(C)C1CC1. The van der Waals surface area contributed by atoms with Crippen LogP contribution in [-0.2, 0) is 6.54 Å². The molecular formula is C15H23N3O. The monoisotopic (exact) mass is 261 g/mol. The number of aryl methyl sites for hydroxylation is 1. The van der Waals surface area contributed by atoms with Crippen LogP contribution in [0.15, 0.2) is 23.4 Å². The lowest BCUT2D eigenvalue weighted by Gasteiger charge is -2.26. The van der Waals surface area contributed by atoms with Crippen LogP contribution in [0.5, 0.6) is 0 Å². The van der Waals surface area contributed by atoms with Crippen LogP contribution in [0.3, 0.4) is 0 Å². The molecular weight excluding hydrogens is 238 g/mol. The summed E-state index contributed by atoms with van der Waals surface area (Å²) in [6.07, 6.45) is 2.67. The average molecular weight is 261 g/mol. The van der Waals surface area contributed by atoms with Crippen molar-refractivity contribution < 1.29 is 5.21 Å². The molecule has 1 aliphatic rings. The second-order valence-corrected chi connectivity index (χ2v) is 5.98. The third-order valence-electron chi connectivity index (χ3n) is 4.08. The standard InChI is InChI=1S/C15H23N3O/c1-10-8-11(14(16)18-19)4-5-12(10)9-17-15(2,3)13-6-7-13/h4-5,8,13,17,19H,6-7,9H2,1-3H3,(H2,16,18). The van der Waals surface area contributed by atoms with Crippen LogP contribution in [0.1, 0.15) is 43.4 Å². The van der Waals surface area contributed by atoms with Gasteiger partial charge in [-0.25, -0.2) is 0 Å². The van der Waals surface area contributed by atoms with Gasteiger partial charge in [0.1, 0.15) is 0 Å². The van der Waals surface area contributed by atoms with Crippen LogP contribution in [0, 0.1) is 12.8 Å². The lowest BCUT2D eigenvalue weighted by molar-refractivity contribution is 0.318. The molecule has 4 heteroatoms. The van der Waals surface area contributed by atoms with Crippen molar-refractivity contribution in [2.24, 2.45) is 16.8 Å². The fraction of sp³-hybridized carbons (Fsp3) is 0.533. The molecule has 4 nitrogen and oxygen atoms in total. The maximum Gasteiger partial charge on any atom is 0.170 e. The van der Waals surface area contributed by atoms with E-state index < -0.39 is 0 Å².